The van der Waals surface area contributed by atoms with Crippen LogP contribution in [0.4, 0.5) is 4.79 Å². The number of urea groups is 1. The second-order valence-electron chi connectivity index (χ2n) is 15.3. The van der Waals surface area contributed by atoms with Gasteiger partial charge in [0.15, 0.2) is 0 Å². The van der Waals surface area contributed by atoms with Gasteiger partial charge in [0.25, 0.3) is 16.1 Å². The van der Waals surface area contributed by atoms with E-state index in [1.807, 2.05) is 55.4 Å². The fourth-order valence-electron chi connectivity index (χ4n) is 6.39. The summed E-state index contributed by atoms with van der Waals surface area (Å²) in [4.78, 5) is 68.8. The second-order valence-corrected chi connectivity index (χ2v) is 17.5. The number of likely N-dealkylation sites (N-methyl/N-ethyl adjacent to an activating group) is 1. The fraction of sp³-hybridized carbons (Fsp3) is 0.788. The molecule has 1 heterocycles. The Labute approximate surface area is 287 Å². The van der Waals surface area contributed by atoms with E-state index in [1.165, 1.54) is 32.1 Å². The van der Waals surface area contributed by atoms with Gasteiger partial charge >= 0.3 is 6.03 Å². The number of nitrogens with zero attached hydrogens (tertiary/aromatic N) is 3. The van der Waals surface area contributed by atoms with Crippen molar-refractivity contribution in [3.05, 3.63) is 12.7 Å². The normalized spacial score (nSPS) is 22.0. The maximum Gasteiger partial charge on any atom is 0.315 e. The van der Waals surface area contributed by atoms with Gasteiger partial charge in [-0.15, -0.1) is 6.58 Å². The van der Waals surface area contributed by atoms with Crippen LogP contribution in [0.1, 0.15) is 74.7 Å². The lowest BCUT2D eigenvalue weighted by atomic mass is 9.85. The molecule has 1 aliphatic heterocycles. The summed E-state index contributed by atoms with van der Waals surface area (Å²) >= 11 is 0. The van der Waals surface area contributed by atoms with E-state index in [4.69, 9.17) is 0 Å². The van der Waals surface area contributed by atoms with Crippen LogP contribution in [0.5, 0.6) is 0 Å². The lowest BCUT2D eigenvalue weighted by molar-refractivity contribution is -0.145. The van der Waals surface area contributed by atoms with E-state index in [0.29, 0.717) is 13.0 Å². The van der Waals surface area contributed by atoms with Crippen molar-refractivity contribution in [2.45, 2.75) is 98.8 Å². The number of piperidine rings is 1. The number of Topliss-reactive ketones (excluding diaryl/α,β-unsaturated/α-hetero) is 1. The minimum absolute atomic E-state index is 0.00999. The van der Waals surface area contributed by atoms with Crippen molar-refractivity contribution >= 4 is 39.7 Å². The molecule has 1 saturated heterocycles. The van der Waals surface area contributed by atoms with Crippen molar-refractivity contribution < 1.29 is 32.4 Å². The predicted octanol–water partition coefficient (Wildman–Crippen LogP) is 1.49. The van der Waals surface area contributed by atoms with Gasteiger partial charge in [0.2, 0.25) is 17.6 Å². The summed E-state index contributed by atoms with van der Waals surface area (Å²) in [5.74, 6) is -2.76. The number of nitrogens with one attached hydrogen (secondary N) is 4. The molecular weight excluding hydrogens is 638 g/mol. The number of hydrogen-bond donors (Lipinski definition) is 4. The Morgan fingerprint density at radius 2 is 1.65 bits per heavy atom. The van der Waals surface area contributed by atoms with Crippen molar-refractivity contribution in [2.24, 2.45) is 28.6 Å². The van der Waals surface area contributed by atoms with Crippen LogP contribution in [-0.2, 0) is 29.4 Å². The molecule has 1 aliphatic carbocycles. The zero-order valence-corrected chi connectivity index (χ0v) is 31.5. The average molecular weight is 698 g/mol. The number of unbranched alkanes of at least 4 members (excludes halogenated alkanes) is 1. The zero-order valence-electron chi connectivity index (χ0n) is 30.7. The highest BCUT2D eigenvalue weighted by molar-refractivity contribution is 7.86. The Bertz CT molecular complexity index is 1330. The van der Waals surface area contributed by atoms with Crippen LogP contribution < -0.4 is 21.3 Å². The van der Waals surface area contributed by atoms with Crippen LogP contribution in [0.15, 0.2) is 12.7 Å². The van der Waals surface area contributed by atoms with Crippen molar-refractivity contribution in [1.82, 2.24) is 34.8 Å². The smallest absolute Gasteiger partial charge is 0.315 e. The maximum absolute atomic E-state index is 14.3. The Morgan fingerprint density at radius 1 is 1.04 bits per heavy atom. The summed E-state index contributed by atoms with van der Waals surface area (Å²) in [7, 11) is 0.575. The Balaban J connectivity index is 2.32. The van der Waals surface area contributed by atoms with Gasteiger partial charge in [-0.25, -0.2) is 4.79 Å². The molecule has 15 heteroatoms. The first kappa shape index (κ1) is 41.1. The number of likely N-dealkylation sites (tertiary alicyclic amines) is 1. The summed E-state index contributed by atoms with van der Waals surface area (Å²) < 4.78 is 27.5. The molecule has 274 valence electrons. The Morgan fingerprint density at radius 3 is 2.15 bits per heavy atom. The minimum atomic E-state index is -3.72. The van der Waals surface area contributed by atoms with Gasteiger partial charge in [0, 0.05) is 46.8 Å². The number of carbonyl (C=O) groups is 5. The van der Waals surface area contributed by atoms with Gasteiger partial charge in [-0.1, -0.05) is 74.3 Å². The molecule has 0 radical (unpaired) electrons. The molecule has 0 bridgehead atoms. The third-order valence-electron chi connectivity index (χ3n) is 9.69. The first-order valence-corrected chi connectivity index (χ1v) is 18.2. The fourth-order valence-corrected chi connectivity index (χ4v) is 7.29. The molecule has 0 aromatic carbocycles. The van der Waals surface area contributed by atoms with Gasteiger partial charge in [-0.05, 0) is 35.0 Å². The Hall–Kier alpha value is -3.04. The van der Waals surface area contributed by atoms with Gasteiger partial charge in [0.1, 0.15) is 12.1 Å². The lowest BCUT2D eigenvalue weighted by Crippen LogP contribution is -2.62. The van der Waals surface area contributed by atoms with E-state index in [2.05, 4.69) is 27.8 Å². The minimum Gasteiger partial charge on any atom is -0.346 e. The van der Waals surface area contributed by atoms with Crippen molar-refractivity contribution in [2.75, 3.05) is 40.8 Å². The zero-order chi connectivity index (χ0) is 36.9. The van der Waals surface area contributed by atoms with Gasteiger partial charge in [0.05, 0.1) is 6.04 Å². The van der Waals surface area contributed by atoms with Gasteiger partial charge < -0.3 is 26.2 Å². The van der Waals surface area contributed by atoms with Crippen molar-refractivity contribution in [1.29, 1.82) is 0 Å². The molecule has 1 saturated carbocycles. The van der Waals surface area contributed by atoms with Crippen LogP contribution in [0.3, 0.4) is 0 Å². The van der Waals surface area contributed by atoms with E-state index in [0.717, 1.165) is 15.0 Å². The van der Waals surface area contributed by atoms with Crippen LogP contribution in [0.2, 0.25) is 0 Å². The predicted molar refractivity (Wildman–Crippen MR) is 185 cm³/mol. The summed E-state index contributed by atoms with van der Waals surface area (Å²) in [6.45, 7) is 19.1. The molecule has 5 amide bonds. The van der Waals surface area contributed by atoms with Crippen LogP contribution >= 0.6 is 0 Å². The van der Waals surface area contributed by atoms with E-state index < -0.39 is 69.3 Å². The molecule has 2 fully saturated rings. The molecule has 4 N–H and O–H groups in total. The molecule has 2 rings (SSSR count). The number of hydrogen-bond acceptors (Lipinski definition) is 7. The largest absolute Gasteiger partial charge is 0.346 e. The topological polar surface area (TPSA) is 177 Å². The molecule has 14 nitrogen and oxygen atoms in total. The molecular formula is C33H59N7O7S. The van der Waals surface area contributed by atoms with E-state index in [1.54, 1.807) is 0 Å². The van der Waals surface area contributed by atoms with Crippen molar-refractivity contribution in [3.63, 3.8) is 0 Å². The first-order chi connectivity index (χ1) is 22.0. The number of carbonyl (C=O) groups excluding carboxylic acids is 5. The van der Waals surface area contributed by atoms with Gasteiger partial charge in [-0.2, -0.15) is 17.0 Å². The first-order valence-electron chi connectivity index (χ1n) is 16.8. The molecule has 48 heavy (non-hydrogen) atoms. The van der Waals surface area contributed by atoms with Gasteiger partial charge in [-0.3, -0.25) is 19.2 Å². The third kappa shape index (κ3) is 9.56. The lowest BCUT2D eigenvalue weighted by Gasteiger charge is -2.38. The summed E-state index contributed by atoms with van der Waals surface area (Å²) in [5, 5.41) is 10.9. The summed E-state index contributed by atoms with van der Waals surface area (Å²) in [5.41, 5.74) is -0.979. The molecule has 1 unspecified atom stereocenters. The molecule has 2 aliphatic rings. The van der Waals surface area contributed by atoms with E-state index in [9.17, 15) is 32.4 Å². The SMILES string of the molecule is C=CCNC(=O)C(=O)C(CCCC)NC(=O)[C@@H]1[C@@H]2[C@H](CN1C(=O)[C@@H](NC(=O)N[C@H](CN(C)S(=O)(=O)N(C)C)C(C)C)C(C)(C)C)C2(C)C. The van der Waals surface area contributed by atoms with Crippen LogP contribution in [-0.4, -0.2) is 116 Å². The van der Waals surface area contributed by atoms with Crippen molar-refractivity contribution in [3.8, 4) is 0 Å². The highest BCUT2D eigenvalue weighted by Crippen LogP contribution is 2.65. The van der Waals surface area contributed by atoms with E-state index in [-0.39, 0.29) is 42.7 Å². The standard InChI is InChI=1S/C33H59N7O7S/c1-13-15-16-22(26(41)29(43)34-17-14-2)35-28(42)25-24-21(33(24,8)9)18-40(25)30(44)27(32(5,6)7)37-31(45)36-23(20(3)4)19-39(12)48(46,47)38(10)11/h14,20-25,27H,2,13,15-19H2,1,3-12H3,(H,34,43)(H,35,42)(H2,36,37,45)/t21-,22?,23+,24-,25-,27+/m0/s1. The van der Waals surface area contributed by atoms with Crippen LogP contribution in [0, 0.1) is 28.6 Å². The molecule has 0 aromatic rings. The average Bonchev–Trinajstić information content (AvgIpc) is 3.29. The maximum atomic E-state index is 14.3. The quantitative estimate of drug-likeness (QED) is 0.131. The number of amides is 5. The number of fused-ring (bicyclic) bond motifs is 1. The Kier molecular flexibility index (Phi) is 13.8. The number of rotatable bonds is 17. The summed E-state index contributed by atoms with van der Waals surface area (Å²) in [6, 6.07) is -4.19. The highest BCUT2D eigenvalue weighted by atomic mass is 32.2. The highest BCUT2D eigenvalue weighted by Gasteiger charge is 2.70. The van der Waals surface area contributed by atoms with Crippen LogP contribution in [0.25, 0.3) is 0 Å². The third-order valence-corrected chi connectivity index (χ3v) is 11.5. The monoisotopic (exact) mass is 697 g/mol. The summed E-state index contributed by atoms with van der Waals surface area (Å²) in [6.07, 6.45) is 3.09. The molecule has 0 spiro atoms. The molecule has 6 atom stereocenters. The second kappa shape index (κ2) is 16.1. The van der Waals surface area contributed by atoms with E-state index >= 15 is 0 Å². The molecule has 0 aromatic heterocycles. The number of ketones is 1.